The van der Waals surface area contributed by atoms with Gasteiger partial charge in [0.05, 0.1) is 12.1 Å². The Labute approximate surface area is 158 Å². The van der Waals surface area contributed by atoms with Gasteiger partial charge in [-0.1, -0.05) is 0 Å². The highest BCUT2D eigenvalue weighted by atomic mass is 16.3. The molecule has 8 nitrogen and oxygen atoms in total. The van der Waals surface area contributed by atoms with E-state index in [0.29, 0.717) is 6.54 Å². The molecule has 8 heteroatoms. The number of likely N-dealkylation sites (tertiary alicyclic amines) is 1. The number of piperidine rings is 1. The fourth-order valence-corrected chi connectivity index (χ4v) is 3.59. The minimum absolute atomic E-state index is 0.0873. The normalized spacial score (nSPS) is 22.0. The second kappa shape index (κ2) is 7.59. The predicted molar refractivity (Wildman–Crippen MR) is 103 cm³/mol. The topological polar surface area (TPSA) is 105 Å². The summed E-state index contributed by atoms with van der Waals surface area (Å²) in [4.78, 5) is 10.8. The van der Waals surface area contributed by atoms with Gasteiger partial charge in [-0.25, -0.2) is 9.50 Å². The first-order chi connectivity index (χ1) is 13.1. The SMILES string of the molecule is C[C@@H](Nc1ncnn2ccc(CN3CC[C@@H](N)[C@H](O)C3)c12)c1ccncc1. The first-order valence-corrected chi connectivity index (χ1v) is 9.25. The quantitative estimate of drug-likeness (QED) is 0.622. The lowest BCUT2D eigenvalue weighted by Crippen LogP contribution is -2.50. The Morgan fingerprint density at radius 1 is 1.33 bits per heavy atom. The summed E-state index contributed by atoms with van der Waals surface area (Å²) in [7, 11) is 0. The highest BCUT2D eigenvalue weighted by Gasteiger charge is 2.25. The molecule has 1 saturated heterocycles. The summed E-state index contributed by atoms with van der Waals surface area (Å²) in [5.41, 5.74) is 9.15. The number of aromatic nitrogens is 4. The van der Waals surface area contributed by atoms with E-state index in [0.717, 1.165) is 42.0 Å². The number of aliphatic hydroxyl groups excluding tert-OH is 1. The molecule has 0 spiro atoms. The summed E-state index contributed by atoms with van der Waals surface area (Å²) in [5, 5.41) is 17.9. The molecule has 4 N–H and O–H groups in total. The molecule has 142 valence electrons. The van der Waals surface area contributed by atoms with E-state index >= 15 is 0 Å². The van der Waals surface area contributed by atoms with Crippen molar-refractivity contribution in [3.8, 4) is 0 Å². The Morgan fingerprint density at radius 2 is 2.15 bits per heavy atom. The molecule has 0 aromatic carbocycles. The van der Waals surface area contributed by atoms with Crippen LogP contribution in [0, 0.1) is 0 Å². The van der Waals surface area contributed by atoms with Crippen LogP contribution in [0.2, 0.25) is 0 Å². The van der Waals surface area contributed by atoms with Crippen molar-refractivity contribution >= 4 is 11.3 Å². The summed E-state index contributed by atoms with van der Waals surface area (Å²) < 4.78 is 1.84. The van der Waals surface area contributed by atoms with Gasteiger partial charge in [-0.15, -0.1) is 0 Å². The molecule has 0 bridgehead atoms. The van der Waals surface area contributed by atoms with Crippen LogP contribution in [0.4, 0.5) is 5.82 Å². The highest BCUT2D eigenvalue weighted by molar-refractivity contribution is 5.72. The van der Waals surface area contributed by atoms with E-state index in [2.05, 4.69) is 38.3 Å². The molecule has 27 heavy (non-hydrogen) atoms. The molecular weight excluding hydrogens is 342 g/mol. The van der Waals surface area contributed by atoms with E-state index in [1.807, 2.05) is 22.8 Å². The van der Waals surface area contributed by atoms with Gasteiger partial charge in [0.25, 0.3) is 0 Å². The first-order valence-electron chi connectivity index (χ1n) is 9.25. The van der Waals surface area contributed by atoms with Crippen LogP contribution in [0.5, 0.6) is 0 Å². The van der Waals surface area contributed by atoms with Crippen LogP contribution >= 0.6 is 0 Å². The fourth-order valence-electron chi connectivity index (χ4n) is 3.59. The van der Waals surface area contributed by atoms with E-state index in [4.69, 9.17) is 5.73 Å². The van der Waals surface area contributed by atoms with Gasteiger partial charge in [0, 0.05) is 44.3 Å². The van der Waals surface area contributed by atoms with Crippen molar-refractivity contribution in [3.63, 3.8) is 0 Å². The van der Waals surface area contributed by atoms with Crippen molar-refractivity contribution in [2.24, 2.45) is 5.73 Å². The van der Waals surface area contributed by atoms with Gasteiger partial charge in [-0.05, 0) is 42.7 Å². The fraction of sp³-hybridized carbons (Fsp3) is 0.421. The Morgan fingerprint density at radius 3 is 2.93 bits per heavy atom. The average Bonchev–Trinajstić information content (AvgIpc) is 3.09. The predicted octanol–water partition coefficient (Wildman–Crippen LogP) is 1.19. The number of fused-ring (bicyclic) bond motifs is 1. The van der Waals surface area contributed by atoms with Crippen molar-refractivity contribution < 1.29 is 5.11 Å². The van der Waals surface area contributed by atoms with Gasteiger partial charge in [0.15, 0.2) is 5.82 Å². The second-order valence-electron chi connectivity index (χ2n) is 7.14. The van der Waals surface area contributed by atoms with Gasteiger partial charge in [0.2, 0.25) is 0 Å². The lowest BCUT2D eigenvalue weighted by Gasteiger charge is -2.33. The van der Waals surface area contributed by atoms with Crippen molar-refractivity contribution in [1.82, 2.24) is 24.5 Å². The first kappa shape index (κ1) is 17.8. The molecule has 4 heterocycles. The third-order valence-electron chi connectivity index (χ3n) is 5.21. The third kappa shape index (κ3) is 3.78. The summed E-state index contributed by atoms with van der Waals surface area (Å²) in [6.45, 7) is 4.28. The van der Waals surface area contributed by atoms with Crippen molar-refractivity contribution in [3.05, 3.63) is 54.2 Å². The number of hydrogen-bond acceptors (Lipinski definition) is 7. The Bertz CT molecular complexity index is 897. The summed E-state index contributed by atoms with van der Waals surface area (Å²) in [6.07, 6.45) is 7.40. The molecule has 0 amide bonds. The molecule has 0 saturated carbocycles. The molecule has 4 rings (SSSR count). The maximum absolute atomic E-state index is 10.1. The zero-order chi connectivity index (χ0) is 18.8. The van der Waals surface area contributed by atoms with Crippen LogP contribution in [0.1, 0.15) is 30.5 Å². The lowest BCUT2D eigenvalue weighted by molar-refractivity contribution is 0.0501. The van der Waals surface area contributed by atoms with Crippen LogP contribution < -0.4 is 11.1 Å². The van der Waals surface area contributed by atoms with E-state index in [9.17, 15) is 5.11 Å². The molecular formula is C19H25N7O. The average molecular weight is 367 g/mol. The van der Waals surface area contributed by atoms with E-state index in [-0.39, 0.29) is 12.1 Å². The maximum Gasteiger partial charge on any atom is 0.154 e. The van der Waals surface area contributed by atoms with Crippen LogP contribution in [0.25, 0.3) is 5.52 Å². The van der Waals surface area contributed by atoms with Crippen molar-refractivity contribution in [1.29, 1.82) is 0 Å². The zero-order valence-electron chi connectivity index (χ0n) is 15.4. The number of hydrogen-bond donors (Lipinski definition) is 3. The number of β-amino-alcohol motifs (C(OH)–C–C–N with tert-alkyl or cyclic N) is 1. The largest absolute Gasteiger partial charge is 0.390 e. The Kier molecular flexibility index (Phi) is 5.02. The molecule has 0 unspecified atom stereocenters. The number of pyridine rings is 1. The molecule has 1 fully saturated rings. The van der Waals surface area contributed by atoms with E-state index < -0.39 is 6.10 Å². The van der Waals surface area contributed by atoms with Gasteiger partial charge < -0.3 is 16.2 Å². The number of nitrogens with one attached hydrogen (secondary N) is 1. The molecule has 1 aliphatic rings. The molecule has 3 atom stereocenters. The maximum atomic E-state index is 10.1. The van der Waals surface area contributed by atoms with Crippen LogP contribution in [0.15, 0.2) is 43.1 Å². The number of aliphatic hydroxyl groups is 1. The summed E-state index contributed by atoms with van der Waals surface area (Å²) in [5.74, 6) is 0.795. The third-order valence-corrected chi connectivity index (χ3v) is 5.21. The number of anilines is 1. The van der Waals surface area contributed by atoms with Crippen LogP contribution in [-0.2, 0) is 6.54 Å². The summed E-state index contributed by atoms with van der Waals surface area (Å²) in [6, 6.07) is 6.01. The van der Waals surface area contributed by atoms with Gasteiger partial charge >= 0.3 is 0 Å². The number of rotatable bonds is 5. The van der Waals surface area contributed by atoms with Crippen molar-refractivity contribution in [2.45, 2.75) is 38.1 Å². The molecule has 3 aromatic heterocycles. The summed E-state index contributed by atoms with van der Waals surface area (Å²) >= 11 is 0. The van der Waals surface area contributed by atoms with Crippen molar-refractivity contribution in [2.75, 3.05) is 18.4 Å². The standard InChI is InChI=1S/C19H25N7O/c1-13(14-2-6-21-7-3-14)24-19-18-15(4-9-26(18)23-12-22-19)10-25-8-5-16(20)17(27)11-25/h2-4,6-7,9,12-13,16-17,27H,5,8,10-11,20H2,1H3,(H,22,23,24)/t13-,16-,17-/m1/s1. The van der Waals surface area contributed by atoms with Crippen LogP contribution in [0.3, 0.4) is 0 Å². The minimum atomic E-state index is -0.479. The monoisotopic (exact) mass is 367 g/mol. The zero-order valence-corrected chi connectivity index (χ0v) is 15.4. The van der Waals surface area contributed by atoms with Gasteiger partial charge in [-0.3, -0.25) is 9.88 Å². The number of nitrogens with two attached hydrogens (primary N) is 1. The number of nitrogens with zero attached hydrogens (tertiary/aromatic N) is 5. The minimum Gasteiger partial charge on any atom is -0.390 e. The Hall–Kier alpha value is -2.55. The Balaban J connectivity index is 1.58. The van der Waals surface area contributed by atoms with Gasteiger partial charge in [-0.2, -0.15) is 5.10 Å². The molecule has 3 aromatic rings. The van der Waals surface area contributed by atoms with E-state index in [1.165, 1.54) is 0 Å². The van der Waals surface area contributed by atoms with Gasteiger partial charge in [0.1, 0.15) is 11.8 Å². The second-order valence-corrected chi connectivity index (χ2v) is 7.14. The van der Waals surface area contributed by atoms with Crippen LogP contribution in [-0.4, -0.2) is 54.8 Å². The molecule has 0 aliphatic carbocycles. The lowest BCUT2D eigenvalue weighted by atomic mass is 10.0. The molecule has 1 aliphatic heterocycles. The molecule has 0 radical (unpaired) electrons. The highest BCUT2D eigenvalue weighted by Crippen LogP contribution is 2.25. The smallest absolute Gasteiger partial charge is 0.154 e. The van der Waals surface area contributed by atoms with E-state index in [1.54, 1.807) is 18.7 Å².